The van der Waals surface area contributed by atoms with Crippen molar-refractivity contribution >= 4 is 11.6 Å². The second kappa shape index (κ2) is 8.43. The monoisotopic (exact) mass is 431 g/mol. The van der Waals surface area contributed by atoms with Gasteiger partial charge in [0.1, 0.15) is 0 Å². The third-order valence-corrected chi connectivity index (χ3v) is 7.97. The molecule has 1 aromatic carbocycles. The Morgan fingerprint density at radius 2 is 1.84 bits per heavy atom. The van der Waals surface area contributed by atoms with Crippen molar-refractivity contribution in [3.8, 4) is 0 Å². The number of nitrogens with zero attached hydrogens (tertiary/aromatic N) is 3. The van der Waals surface area contributed by atoms with E-state index in [0.29, 0.717) is 18.9 Å². The number of hydrogen-bond acceptors (Lipinski definition) is 4. The summed E-state index contributed by atoms with van der Waals surface area (Å²) < 4.78 is 6.83. The van der Waals surface area contributed by atoms with Gasteiger partial charge >= 0.3 is 0 Å². The number of pyridine rings is 1. The fourth-order valence-corrected chi connectivity index (χ4v) is 5.98. The SMILES string of the molecule is CCC(CC)[C@@H]1N=C2C[C@H](c3ccccc3)[C@@H](C)C3C[C@@]2(O1)N(Cc1ccccn1)C3=O. The Morgan fingerprint density at radius 1 is 1.09 bits per heavy atom. The van der Waals surface area contributed by atoms with E-state index in [-0.39, 0.29) is 29.9 Å². The highest BCUT2D eigenvalue weighted by Gasteiger charge is 2.62. The number of hydrogen-bond donors (Lipinski definition) is 0. The molecule has 3 aliphatic rings. The van der Waals surface area contributed by atoms with Crippen molar-refractivity contribution in [3.05, 3.63) is 66.0 Å². The first-order chi connectivity index (χ1) is 15.6. The van der Waals surface area contributed by atoms with Gasteiger partial charge in [-0.15, -0.1) is 0 Å². The zero-order chi connectivity index (χ0) is 22.3. The van der Waals surface area contributed by atoms with Crippen LogP contribution in [0.25, 0.3) is 0 Å². The fraction of sp³-hybridized carbons (Fsp3) is 0.519. The number of aliphatic imine (C=N–C) groups is 1. The third kappa shape index (κ3) is 3.38. The molecular weight excluding hydrogens is 398 g/mol. The van der Waals surface area contributed by atoms with Gasteiger partial charge in [-0.1, -0.05) is 57.2 Å². The summed E-state index contributed by atoms with van der Waals surface area (Å²) in [5, 5.41) is 0. The van der Waals surface area contributed by atoms with Crippen molar-refractivity contribution in [1.29, 1.82) is 0 Å². The summed E-state index contributed by atoms with van der Waals surface area (Å²) in [6, 6.07) is 16.5. The average molecular weight is 432 g/mol. The Bertz CT molecular complexity index is 988. The molecule has 2 bridgehead atoms. The van der Waals surface area contributed by atoms with E-state index < -0.39 is 5.72 Å². The molecule has 1 aromatic heterocycles. The van der Waals surface area contributed by atoms with E-state index in [2.05, 4.69) is 56.1 Å². The minimum Gasteiger partial charge on any atom is -0.325 e. The van der Waals surface area contributed by atoms with Crippen LogP contribution in [-0.2, 0) is 16.1 Å². The molecule has 168 valence electrons. The lowest BCUT2D eigenvalue weighted by Crippen LogP contribution is -2.52. The minimum atomic E-state index is -0.732. The number of benzene rings is 1. The molecule has 2 fully saturated rings. The van der Waals surface area contributed by atoms with Crippen LogP contribution in [0.3, 0.4) is 0 Å². The van der Waals surface area contributed by atoms with E-state index in [1.54, 1.807) is 6.20 Å². The molecule has 2 aromatic rings. The van der Waals surface area contributed by atoms with Crippen LogP contribution in [0.1, 0.15) is 63.6 Å². The standard InChI is InChI=1S/C27H33N3O2/c1-4-19(5-2)25-29-24-15-22(20-11-7-6-8-12-20)18(3)23-16-27(24,32-25)30(26(23)31)17-21-13-9-10-14-28-21/h6-14,18-19,22-23,25H,4-5,15-17H2,1-3H3/t18-,22+,23?,25-,27+/m1/s1. The maximum Gasteiger partial charge on any atom is 0.229 e. The molecule has 32 heavy (non-hydrogen) atoms. The molecule has 1 spiro atoms. The van der Waals surface area contributed by atoms with Crippen LogP contribution < -0.4 is 0 Å². The fourth-order valence-electron chi connectivity index (χ4n) is 5.98. The summed E-state index contributed by atoms with van der Waals surface area (Å²) >= 11 is 0. The average Bonchev–Trinajstić information content (AvgIpc) is 3.27. The summed E-state index contributed by atoms with van der Waals surface area (Å²) in [5.41, 5.74) is 2.51. The van der Waals surface area contributed by atoms with E-state index in [1.807, 2.05) is 23.1 Å². The third-order valence-electron chi connectivity index (χ3n) is 7.97. The highest BCUT2D eigenvalue weighted by atomic mass is 16.6. The van der Waals surface area contributed by atoms with E-state index in [9.17, 15) is 4.79 Å². The lowest BCUT2D eigenvalue weighted by Gasteiger charge is -2.38. The normalized spacial score (nSPS) is 31.6. The molecule has 1 unspecified atom stereocenters. The van der Waals surface area contributed by atoms with Crippen LogP contribution in [-0.4, -0.2) is 33.5 Å². The molecule has 1 amide bonds. The maximum atomic E-state index is 13.8. The molecular formula is C27H33N3O2. The summed E-state index contributed by atoms with van der Waals surface area (Å²) in [6.07, 6.45) is 5.18. The number of amides is 1. The number of likely N-dealkylation sites (tertiary alicyclic amines) is 1. The summed E-state index contributed by atoms with van der Waals surface area (Å²) in [4.78, 5) is 25.5. The number of ether oxygens (including phenoxy) is 1. The zero-order valence-corrected chi connectivity index (χ0v) is 19.3. The van der Waals surface area contributed by atoms with Gasteiger partial charge in [0, 0.05) is 24.5 Å². The Hall–Kier alpha value is -2.53. The summed E-state index contributed by atoms with van der Waals surface area (Å²) in [7, 11) is 0. The van der Waals surface area contributed by atoms with Crippen LogP contribution in [0.4, 0.5) is 0 Å². The molecule has 5 rings (SSSR count). The Morgan fingerprint density at radius 3 is 2.53 bits per heavy atom. The topological polar surface area (TPSA) is 54.8 Å². The summed E-state index contributed by atoms with van der Waals surface area (Å²) in [5.74, 6) is 0.965. The van der Waals surface area contributed by atoms with Crippen molar-refractivity contribution in [2.75, 3.05) is 0 Å². The maximum absolute atomic E-state index is 13.8. The first-order valence-corrected chi connectivity index (χ1v) is 12.1. The molecule has 1 saturated carbocycles. The first kappa shape index (κ1) is 21.3. The Kier molecular flexibility index (Phi) is 5.62. The van der Waals surface area contributed by atoms with Crippen LogP contribution >= 0.6 is 0 Å². The minimum absolute atomic E-state index is 0.0722. The van der Waals surface area contributed by atoms with Crippen molar-refractivity contribution in [3.63, 3.8) is 0 Å². The van der Waals surface area contributed by atoms with E-state index >= 15 is 0 Å². The molecule has 3 heterocycles. The molecule has 1 saturated heterocycles. The number of carbonyl (C=O) groups is 1. The zero-order valence-electron chi connectivity index (χ0n) is 19.3. The molecule has 5 heteroatoms. The lowest BCUT2D eigenvalue weighted by molar-refractivity contribution is -0.154. The van der Waals surface area contributed by atoms with Gasteiger partial charge in [-0.25, -0.2) is 0 Å². The Labute approximate surface area is 190 Å². The van der Waals surface area contributed by atoms with Gasteiger partial charge in [-0.2, -0.15) is 0 Å². The number of aromatic nitrogens is 1. The second-order valence-corrected chi connectivity index (χ2v) is 9.58. The number of fused-ring (bicyclic) bond motifs is 1. The second-order valence-electron chi connectivity index (χ2n) is 9.58. The van der Waals surface area contributed by atoms with E-state index in [0.717, 1.165) is 30.7 Å². The van der Waals surface area contributed by atoms with Crippen LogP contribution in [0.15, 0.2) is 59.7 Å². The lowest BCUT2D eigenvalue weighted by atomic mass is 9.78. The van der Waals surface area contributed by atoms with Crippen molar-refractivity contribution in [2.45, 2.75) is 70.9 Å². The smallest absolute Gasteiger partial charge is 0.229 e. The van der Waals surface area contributed by atoms with Crippen molar-refractivity contribution < 1.29 is 9.53 Å². The van der Waals surface area contributed by atoms with Gasteiger partial charge < -0.3 is 9.64 Å². The molecule has 2 aliphatic heterocycles. The molecule has 5 nitrogen and oxygen atoms in total. The van der Waals surface area contributed by atoms with E-state index in [1.165, 1.54) is 5.56 Å². The van der Waals surface area contributed by atoms with Gasteiger partial charge in [0.2, 0.25) is 5.91 Å². The highest BCUT2D eigenvalue weighted by molar-refractivity contribution is 6.01. The van der Waals surface area contributed by atoms with Crippen LogP contribution in [0.2, 0.25) is 0 Å². The number of carbonyl (C=O) groups excluding carboxylic acids is 1. The highest BCUT2D eigenvalue weighted by Crippen LogP contribution is 2.53. The quantitative estimate of drug-likeness (QED) is 0.633. The van der Waals surface area contributed by atoms with Gasteiger partial charge in [0.05, 0.1) is 18.0 Å². The summed E-state index contributed by atoms with van der Waals surface area (Å²) in [6.45, 7) is 7.10. The van der Waals surface area contributed by atoms with Crippen molar-refractivity contribution in [1.82, 2.24) is 9.88 Å². The molecule has 0 radical (unpaired) electrons. The Balaban J connectivity index is 1.57. The molecule has 0 N–H and O–H groups in total. The number of rotatable bonds is 6. The van der Waals surface area contributed by atoms with Crippen molar-refractivity contribution in [2.24, 2.45) is 22.7 Å². The molecule has 5 atom stereocenters. The van der Waals surface area contributed by atoms with Gasteiger partial charge in [-0.3, -0.25) is 14.8 Å². The predicted molar refractivity (Wildman–Crippen MR) is 125 cm³/mol. The predicted octanol–water partition coefficient (Wildman–Crippen LogP) is 5.18. The van der Waals surface area contributed by atoms with E-state index in [4.69, 9.17) is 9.73 Å². The van der Waals surface area contributed by atoms with Crippen LogP contribution in [0.5, 0.6) is 0 Å². The van der Waals surface area contributed by atoms with Gasteiger partial charge in [0.15, 0.2) is 12.0 Å². The first-order valence-electron chi connectivity index (χ1n) is 12.1. The van der Waals surface area contributed by atoms with Gasteiger partial charge in [0.25, 0.3) is 0 Å². The van der Waals surface area contributed by atoms with Crippen LogP contribution in [0, 0.1) is 17.8 Å². The van der Waals surface area contributed by atoms with Gasteiger partial charge in [-0.05, 0) is 48.8 Å². The molecule has 1 aliphatic carbocycles. The largest absolute Gasteiger partial charge is 0.325 e.